The largest absolute Gasteiger partial charge is 0.446 e. The van der Waals surface area contributed by atoms with Crippen LogP contribution in [0.2, 0.25) is 0 Å². The van der Waals surface area contributed by atoms with Crippen LogP contribution in [0.3, 0.4) is 0 Å². The van der Waals surface area contributed by atoms with E-state index in [9.17, 15) is 22.8 Å². The van der Waals surface area contributed by atoms with Crippen molar-refractivity contribution in [1.29, 1.82) is 0 Å². The maximum atomic E-state index is 13.6. The Morgan fingerprint density at radius 2 is 1.67 bits per heavy atom. The Hall–Kier alpha value is -2.18. The minimum absolute atomic E-state index is 0.0485. The fourth-order valence-electron chi connectivity index (χ4n) is 5.09. The van der Waals surface area contributed by atoms with Crippen LogP contribution in [0.15, 0.2) is 33.6 Å². The number of nitrogens with two attached hydrogens (primary N) is 1. The third-order valence-corrected chi connectivity index (χ3v) is 8.99. The standard InChI is InChI=1S/C24H32BrN3O7S/c1-24(2,3)20(27-23(31)34-16-9-13-8-14(13)10-16)22(30)28-12-17(11-19(28)21(26)29)35-36(32,33)18-6-4-15(25)5-7-18/h4-7,13-14,16-17,19-20H,8-12H2,1-3H3,(H2,26,29)(H,27,31)/t13-,14+,16+,17-,19-,20+/m0/s1. The van der Waals surface area contributed by atoms with Crippen LogP contribution >= 0.6 is 15.9 Å². The van der Waals surface area contributed by atoms with E-state index in [-0.39, 0.29) is 24.0 Å². The number of hydrogen-bond donors (Lipinski definition) is 2. The third kappa shape index (κ3) is 6.03. The Kier molecular flexibility index (Phi) is 7.42. The fraction of sp³-hybridized carbons (Fsp3) is 0.625. The lowest BCUT2D eigenvalue weighted by Gasteiger charge is -2.35. The van der Waals surface area contributed by atoms with Crippen molar-refractivity contribution in [3.05, 3.63) is 28.7 Å². The summed E-state index contributed by atoms with van der Waals surface area (Å²) in [7, 11) is -4.14. The lowest BCUT2D eigenvalue weighted by molar-refractivity contribution is -0.141. The Labute approximate surface area is 219 Å². The van der Waals surface area contributed by atoms with Gasteiger partial charge in [-0.05, 0) is 60.8 Å². The van der Waals surface area contributed by atoms with Crippen LogP contribution in [0.5, 0.6) is 0 Å². The van der Waals surface area contributed by atoms with Crippen LogP contribution in [0, 0.1) is 17.3 Å². The molecule has 2 aliphatic carbocycles. The smallest absolute Gasteiger partial charge is 0.408 e. The highest BCUT2D eigenvalue weighted by molar-refractivity contribution is 9.10. The van der Waals surface area contributed by atoms with Gasteiger partial charge in [-0.1, -0.05) is 36.7 Å². The molecule has 3 N–H and O–H groups in total. The van der Waals surface area contributed by atoms with E-state index in [1.807, 2.05) is 0 Å². The van der Waals surface area contributed by atoms with Gasteiger partial charge in [0.2, 0.25) is 11.8 Å². The molecule has 1 saturated heterocycles. The summed E-state index contributed by atoms with van der Waals surface area (Å²) in [5.41, 5.74) is 4.84. The van der Waals surface area contributed by atoms with Gasteiger partial charge in [0.25, 0.3) is 10.1 Å². The van der Waals surface area contributed by atoms with Gasteiger partial charge in [0.15, 0.2) is 0 Å². The number of amides is 3. The maximum Gasteiger partial charge on any atom is 0.408 e. The Bertz CT molecular complexity index is 1130. The van der Waals surface area contributed by atoms with Gasteiger partial charge in [0.05, 0.1) is 11.0 Å². The zero-order chi connectivity index (χ0) is 26.4. The highest BCUT2D eigenvalue weighted by atomic mass is 79.9. The molecule has 1 aromatic rings. The number of alkyl carbamates (subject to hydrolysis) is 1. The minimum Gasteiger partial charge on any atom is -0.446 e. The van der Waals surface area contributed by atoms with E-state index in [0.29, 0.717) is 16.3 Å². The summed E-state index contributed by atoms with van der Waals surface area (Å²) in [5.74, 6) is -0.0654. The molecule has 3 amide bonds. The quantitative estimate of drug-likeness (QED) is 0.467. The molecule has 1 aliphatic heterocycles. The highest BCUT2D eigenvalue weighted by Crippen LogP contribution is 2.52. The van der Waals surface area contributed by atoms with Gasteiger partial charge in [-0.15, -0.1) is 0 Å². The van der Waals surface area contributed by atoms with E-state index in [0.717, 1.165) is 12.8 Å². The van der Waals surface area contributed by atoms with Crippen LogP contribution in [0.1, 0.15) is 46.5 Å². The molecule has 2 saturated carbocycles. The van der Waals surface area contributed by atoms with Gasteiger partial charge in [0, 0.05) is 17.4 Å². The summed E-state index contributed by atoms with van der Waals surface area (Å²) >= 11 is 3.25. The molecule has 12 heteroatoms. The van der Waals surface area contributed by atoms with Crippen molar-refractivity contribution in [2.45, 2.75) is 75.6 Å². The summed E-state index contributed by atoms with van der Waals surface area (Å²) in [6, 6.07) is 3.82. The molecule has 36 heavy (non-hydrogen) atoms. The van der Waals surface area contributed by atoms with Crippen LogP contribution in [-0.4, -0.2) is 62.1 Å². The van der Waals surface area contributed by atoms with Gasteiger partial charge in [-0.2, -0.15) is 8.42 Å². The van der Waals surface area contributed by atoms with Gasteiger partial charge >= 0.3 is 6.09 Å². The van der Waals surface area contributed by atoms with Crippen molar-refractivity contribution >= 4 is 44.0 Å². The van der Waals surface area contributed by atoms with E-state index >= 15 is 0 Å². The van der Waals surface area contributed by atoms with Crippen molar-refractivity contribution < 1.29 is 31.7 Å². The number of ether oxygens (including phenoxy) is 1. The lowest BCUT2D eigenvalue weighted by Crippen LogP contribution is -2.57. The molecule has 0 spiro atoms. The minimum atomic E-state index is -4.14. The van der Waals surface area contributed by atoms with Gasteiger partial charge in [-0.3, -0.25) is 13.8 Å². The number of nitrogens with one attached hydrogen (secondary N) is 1. The molecule has 1 heterocycles. The first-order chi connectivity index (χ1) is 16.7. The number of carbonyl (C=O) groups excluding carboxylic acids is 3. The topological polar surface area (TPSA) is 145 Å². The van der Waals surface area contributed by atoms with Crippen LogP contribution in [0.4, 0.5) is 4.79 Å². The summed E-state index contributed by atoms with van der Waals surface area (Å²) < 4.78 is 37.1. The number of hydrogen-bond acceptors (Lipinski definition) is 7. The fourth-order valence-corrected chi connectivity index (χ4v) is 6.43. The average Bonchev–Trinajstić information content (AvgIpc) is 3.17. The van der Waals surface area contributed by atoms with Gasteiger partial charge in [0.1, 0.15) is 18.2 Å². The SMILES string of the molecule is CC(C)(C)[C@H](NC(=O)O[C@@H]1C[C@@H]2C[C@@H]2C1)C(=O)N1C[C@@H](OS(=O)(=O)c2ccc(Br)cc2)C[C@H]1C(N)=O. The second-order valence-corrected chi connectivity index (χ2v) is 13.5. The highest BCUT2D eigenvalue weighted by Gasteiger charge is 2.49. The van der Waals surface area contributed by atoms with E-state index in [1.165, 1.54) is 23.5 Å². The second-order valence-electron chi connectivity index (χ2n) is 11.0. The maximum absolute atomic E-state index is 13.6. The van der Waals surface area contributed by atoms with E-state index in [2.05, 4.69) is 21.2 Å². The molecule has 6 atom stereocenters. The van der Waals surface area contributed by atoms with E-state index < -0.39 is 51.6 Å². The number of carbonyl (C=O) groups is 3. The number of rotatable bonds is 7. The molecule has 0 aromatic heterocycles. The van der Waals surface area contributed by atoms with Crippen molar-refractivity contribution in [3.8, 4) is 0 Å². The summed E-state index contributed by atoms with van der Waals surface area (Å²) in [4.78, 5) is 39.6. The predicted octanol–water partition coefficient (Wildman–Crippen LogP) is 2.55. The summed E-state index contributed by atoms with van der Waals surface area (Å²) in [6.45, 7) is 5.17. The molecule has 0 radical (unpaired) electrons. The molecule has 198 valence electrons. The first kappa shape index (κ1) is 26.9. The number of nitrogens with zero attached hydrogens (tertiary/aromatic N) is 1. The summed E-state index contributed by atoms with van der Waals surface area (Å²) in [5, 5.41) is 2.68. The number of fused-ring (bicyclic) bond motifs is 1. The monoisotopic (exact) mass is 585 g/mol. The van der Waals surface area contributed by atoms with Gasteiger partial charge in [-0.25, -0.2) is 4.79 Å². The molecular formula is C24H32BrN3O7S. The number of halogens is 1. The van der Waals surface area contributed by atoms with Gasteiger partial charge < -0.3 is 20.7 Å². The van der Waals surface area contributed by atoms with Crippen molar-refractivity contribution in [1.82, 2.24) is 10.2 Å². The molecule has 3 aliphatic rings. The Morgan fingerprint density at radius 1 is 1.06 bits per heavy atom. The van der Waals surface area contributed by atoms with Crippen LogP contribution in [-0.2, 0) is 28.6 Å². The van der Waals surface area contributed by atoms with E-state index in [1.54, 1.807) is 32.9 Å². The predicted molar refractivity (Wildman–Crippen MR) is 133 cm³/mol. The van der Waals surface area contributed by atoms with Crippen LogP contribution in [0.25, 0.3) is 0 Å². The average molecular weight is 587 g/mol. The molecular weight excluding hydrogens is 554 g/mol. The number of likely N-dealkylation sites (tertiary alicyclic amines) is 1. The van der Waals surface area contributed by atoms with Crippen molar-refractivity contribution in [2.75, 3.05) is 6.54 Å². The zero-order valence-electron chi connectivity index (χ0n) is 20.5. The number of benzene rings is 1. The Morgan fingerprint density at radius 3 is 2.22 bits per heavy atom. The molecule has 10 nitrogen and oxygen atoms in total. The lowest BCUT2D eigenvalue weighted by atomic mass is 9.85. The summed E-state index contributed by atoms with van der Waals surface area (Å²) in [6.07, 6.45) is 0.976. The zero-order valence-corrected chi connectivity index (χ0v) is 22.9. The molecule has 0 bridgehead atoms. The van der Waals surface area contributed by atoms with Crippen LogP contribution < -0.4 is 11.1 Å². The first-order valence-corrected chi connectivity index (χ1v) is 14.2. The number of primary amides is 1. The van der Waals surface area contributed by atoms with Crippen molar-refractivity contribution in [3.63, 3.8) is 0 Å². The molecule has 4 rings (SSSR count). The normalized spacial score (nSPS) is 28.3. The molecule has 1 aromatic carbocycles. The van der Waals surface area contributed by atoms with E-state index in [4.69, 9.17) is 14.7 Å². The molecule has 0 unspecified atom stereocenters. The molecule has 3 fully saturated rings. The third-order valence-electron chi connectivity index (χ3n) is 7.09. The van der Waals surface area contributed by atoms with Crippen molar-refractivity contribution in [2.24, 2.45) is 23.0 Å². The second kappa shape index (κ2) is 9.94. The Balaban J connectivity index is 1.45. The first-order valence-electron chi connectivity index (χ1n) is 12.0.